The molecule has 2 heterocycles. The molecular weight excluding hydrogens is 292 g/mol. The Labute approximate surface area is 137 Å². The van der Waals surface area contributed by atoms with E-state index in [-0.39, 0.29) is 12.0 Å². The highest BCUT2D eigenvalue weighted by Crippen LogP contribution is 2.29. The first-order valence-electron chi connectivity index (χ1n) is 8.43. The van der Waals surface area contributed by atoms with Gasteiger partial charge < -0.3 is 14.5 Å². The van der Waals surface area contributed by atoms with Crippen LogP contribution in [0.5, 0.6) is 0 Å². The Morgan fingerprint density at radius 2 is 2.13 bits per heavy atom. The van der Waals surface area contributed by atoms with Crippen LogP contribution >= 0.6 is 0 Å². The van der Waals surface area contributed by atoms with Crippen LogP contribution in [0.1, 0.15) is 34.8 Å². The molecular formula is C17H26N4O2. The zero-order chi connectivity index (χ0) is 16.4. The number of rotatable bonds is 5. The van der Waals surface area contributed by atoms with Crippen molar-refractivity contribution in [3.63, 3.8) is 0 Å². The van der Waals surface area contributed by atoms with E-state index in [0.29, 0.717) is 31.2 Å². The molecule has 1 aliphatic carbocycles. The van der Waals surface area contributed by atoms with Crippen LogP contribution in [0.3, 0.4) is 0 Å². The summed E-state index contributed by atoms with van der Waals surface area (Å²) in [6, 6.07) is 1.76. The molecule has 6 nitrogen and oxygen atoms in total. The normalized spacial score (nSPS) is 21.7. The maximum atomic E-state index is 12.7. The molecule has 3 rings (SSSR count). The van der Waals surface area contributed by atoms with Crippen molar-refractivity contribution >= 4 is 5.91 Å². The van der Waals surface area contributed by atoms with Gasteiger partial charge in [-0.15, -0.1) is 0 Å². The van der Waals surface area contributed by atoms with Crippen LogP contribution in [0, 0.1) is 19.8 Å². The van der Waals surface area contributed by atoms with E-state index in [9.17, 15) is 4.79 Å². The number of hydrogen-bond donors (Lipinski definition) is 0. The molecule has 23 heavy (non-hydrogen) atoms. The molecule has 1 saturated carbocycles. The molecule has 0 spiro atoms. The largest absolute Gasteiger partial charge is 0.373 e. The number of ether oxygens (including phenoxy) is 1. The average Bonchev–Trinajstić information content (AvgIpc) is 3.29. The molecule has 1 unspecified atom stereocenters. The molecule has 0 N–H and O–H groups in total. The first-order valence-corrected chi connectivity index (χ1v) is 8.43. The van der Waals surface area contributed by atoms with Gasteiger partial charge in [0.2, 0.25) is 0 Å². The van der Waals surface area contributed by atoms with Gasteiger partial charge in [-0.3, -0.25) is 4.79 Å². The SMILES string of the molecule is Cc1cc(C(=O)N2CCOC(CN(C)CC3CC3)C2)nc(C)n1. The number of morpholine rings is 1. The van der Waals surface area contributed by atoms with Gasteiger partial charge >= 0.3 is 0 Å². The van der Waals surface area contributed by atoms with Gasteiger partial charge in [-0.2, -0.15) is 0 Å². The quantitative estimate of drug-likeness (QED) is 0.818. The summed E-state index contributed by atoms with van der Waals surface area (Å²) in [7, 11) is 2.14. The van der Waals surface area contributed by atoms with E-state index in [0.717, 1.165) is 24.7 Å². The molecule has 1 atom stereocenters. The van der Waals surface area contributed by atoms with Gasteiger partial charge in [0, 0.05) is 31.9 Å². The smallest absolute Gasteiger partial charge is 0.272 e. The Bertz CT molecular complexity index is 553. The summed E-state index contributed by atoms with van der Waals surface area (Å²) in [5.74, 6) is 1.49. The van der Waals surface area contributed by atoms with E-state index in [4.69, 9.17) is 4.74 Å². The van der Waals surface area contributed by atoms with Crippen LogP contribution in [-0.4, -0.2) is 71.6 Å². The molecule has 0 bridgehead atoms. The number of aryl methyl sites for hydroxylation is 2. The van der Waals surface area contributed by atoms with Crippen molar-refractivity contribution in [1.29, 1.82) is 0 Å². The van der Waals surface area contributed by atoms with E-state index >= 15 is 0 Å². The molecule has 1 aromatic rings. The van der Waals surface area contributed by atoms with Gasteiger partial charge in [-0.25, -0.2) is 9.97 Å². The lowest BCUT2D eigenvalue weighted by molar-refractivity contribution is -0.0335. The summed E-state index contributed by atoms with van der Waals surface area (Å²) in [4.78, 5) is 25.4. The van der Waals surface area contributed by atoms with Crippen molar-refractivity contribution < 1.29 is 9.53 Å². The third-order valence-electron chi connectivity index (χ3n) is 4.39. The Morgan fingerprint density at radius 3 is 2.83 bits per heavy atom. The monoisotopic (exact) mass is 318 g/mol. The molecule has 1 amide bonds. The summed E-state index contributed by atoms with van der Waals surface area (Å²) >= 11 is 0. The van der Waals surface area contributed by atoms with Crippen molar-refractivity contribution in [2.24, 2.45) is 5.92 Å². The molecule has 1 saturated heterocycles. The number of amides is 1. The summed E-state index contributed by atoms with van der Waals surface area (Å²) in [5, 5.41) is 0. The molecule has 126 valence electrons. The number of aromatic nitrogens is 2. The van der Waals surface area contributed by atoms with Crippen molar-refractivity contribution in [2.75, 3.05) is 39.8 Å². The molecule has 0 radical (unpaired) electrons. The fourth-order valence-corrected chi connectivity index (χ4v) is 3.17. The van der Waals surface area contributed by atoms with E-state index in [1.165, 1.54) is 12.8 Å². The standard InChI is InChI=1S/C17H26N4O2/c1-12-8-16(19-13(2)18-12)17(22)21-6-7-23-15(11-21)10-20(3)9-14-4-5-14/h8,14-15H,4-7,9-11H2,1-3H3. The lowest BCUT2D eigenvalue weighted by Crippen LogP contribution is -2.49. The third-order valence-corrected chi connectivity index (χ3v) is 4.39. The lowest BCUT2D eigenvalue weighted by atomic mass is 10.2. The average molecular weight is 318 g/mol. The Balaban J connectivity index is 1.59. The maximum absolute atomic E-state index is 12.7. The number of likely N-dealkylation sites (N-methyl/N-ethyl adjacent to an activating group) is 1. The van der Waals surface area contributed by atoms with Crippen LogP contribution < -0.4 is 0 Å². The first-order chi connectivity index (χ1) is 11.0. The van der Waals surface area contributed by atoms with Crippen molar-refractivity contribution in [2.45, 2.75) is 32.8 Å². The molecule has 2 aliphatic rings. The maximum Gasteiger partial charge on any atom is 0.272 e. The zero-order valence-corrected chi connectivity index (χ0v) is 14.3. The van der Waals surface area contributed by atoms with Crippen molar-refractivity contribution in [3.8, 4) is 0 Å². The number of carbonyl (C=O) groups is 1. The second-order valence-corrected chi connectivity index (χ2v) is 6.85. The second kappa shape index (κ2) is 6.93. The van der Waals surface area contributed by atoms with Gasteiger partial charge in [0.25, 0.3) is 5.91 Å². The second-order valence-electron chi connectivity index (χ2n) is 6.85. The number of nitrogens with zero attached hydrogens (tertiary/aromatic N) is 4. The summed E-state index contributed by atoms with van der Waals surface area (Å²) in [6.07, 6.45) is 2.79. The lowest BCUT2D eigenvalue weighted by Gasteiger charge is -2.34. The number of hydrogen-bond acceptors (Lipinski definition) is 5. The molecule has 6 heteroatoms. The fourth-order valence-electron chi connectivity index (χ4n) is 3.17. The Morgan fingerprint density at radius 1 is 1.35 bits per heavy atom. The van der Waals surface area contributed by atoms with Gasteiger partial charge in [0.15, 0.2) is 0 Å². The van der Waals surface area contributed by atoms with E-state index < -0.39 is 0 Å². The Kier molecular flexibility index (Phi) is 4.92. The Hall–Kier alpha value is -1.53. The van der Waals surface area contributed by atoms with Crippen LogP contribution in [0.2, 0.25) is 0 Å². The van der Waals surface area contributed by atoms with Gasteiger partial charge in [-0.05, 0) is 45.7 Å². The van der Waals surface area contributed by atoms with E-state index in [1.807, 2.05) is 18.7 Å². The number of carbonyl (C=O) groups excluding carboxylic acids is 1. The minimum absolute atomic E-state index is 0.0169. The van der Waals surface area contributed by atoms with Crippen LogP contribution in [0.25, 0.3) is 0 Å². The zero-order valence-electron chi connectivity index (χ0n) is 14.3. The highest BCUT2D eigenvalue weighted by Gasteiger charge is 2.28. The topological polar surface area (TPSA) is 58.6 Å². The van der Waals surface area contributed by atoms with E-state index in [2.05, 4.69) is 21.9 Å². The third kappa shape index (κ3) is 4.48. The van der Waals surface area contributed by atoms with Gasteiger partial charge in [0.1, 0.15) is 11.5 Å². The molecule has 1 aliphatic heterocycles. The fraction of sp³-hybridized carbons (Fsp3) is 0.706. The summed E-state index contributed by atoms with van der Waals surface area (Å²) in [5.41, 5.74) is 1.32. The van der Waals surface area contributed by atoms with Crippen LogP contribution in [0.4, 0.5) is 0 Å². The minimum atomic E-state index is -0.0169. The van der Waals surface area contributed by atoms with E-state index in [1.54, 1.807) is 6.07 Å². The van der Waals surface area contributed by atoms with Crippen molar-refractivity contribution in [3.05, 3.63) is 23.3 Å². The van der Waals surface area contributed by atoms with Crippen molar-refractivity contribution in [1.82, 2.24) is 19.8 Å². The molecule has 2 fully saturated rings. The van der Waals surface area contributed by atoms with Gasteiger partial charge in [-0.1, -0.05) is 0 Å². The van der Waals surface area contributed by atoms with Crippen LogP contribution in [0.15, 0.2) is 6.07 Å². The van der Waals surface area contributed by atoms with Crippen LogP contribution in [-0.2, 0) is 4.74 Å². The highest BCUT2D eigenvalue weighted by molar-refractivity contribution is 5.92. The highest BCUT2D eigenvalue weighted by atomic mass is 16.5. The molecule has 1 aromatic heterocycles. The molecule has 0 aromatic carbocycles. The summed E-state index contributed by atoms with van der Waals surface area (Å²) < 4.78 is 5.85. The minimum Gasteiger partial charge on any atom is -0.373 e. The summed E-state index contributed by atoms with van der Waals surface area (Å²) in [6.45, 7) is 7.58. The predicted molar refractivity (Wildman–Crippen MR) is 87.4 cm³/mol. The predicted octanol–water partition coefficient (Wildman–Crippen LogP) is 1.28. The van der Waals surface area contributed by atoms with Gasteiger partial charge in [0.05, 0.1) is 12.7 Å². The first kappa shape index (κ1) is 16.3.